The number of aliphatic carboxylic acids is 1. The van der Waals surface area contributed by atoms with E-state index in [9.17, 15) is 38.7 Å². The molecule has 0 aliphatic carbocycles. The molecule has 0 atom stereocenters. The maximum absolute atomic E-state index is 13.8. The first-order chi connectivity index (χ1) is 20.0. The molecule has 0 aliphatic heterocycles. The van der Waals surface area contributed by atoms with Crippen molar-refractivity contribution in [3.63, 3.8) is 0 Å². The Balaban J connectivity index is 2.13. The summed E-state index contributed by atoms with van der Waals surface area (Å²) in [6, 6.07) is 7.17. The maximum atomic E-state index is 13.8. The summed E-state index contributed by atoms with van der Waals surface area (Å²) >= 11 is 0. The van der Waals surface area contributed by atoms with Crippen LogP contribution in [0.4, 0.5) is 9.59 Å². The quantitative estimate of drug-likeness (QED) is 0.231. The van der Waals surface area contributed by atoms with E-state index >= 15 is 0 Å². The van der Waals surface area contributed by atoms with Gasteiger partial charge in [0.1, 0.15) is 0 Å². The molecule has 2 heterocycles. The number of fused-ring (bicyclic) bond motifs is 2. The second kappa shape index (κ2) is 11.4. The number of carbonyl (C=O) groups excluding carboxylic acids is 2. The molecule has 4 rings (SSSR count). The highest BCUT2D eigenvalue weighted by atomic mass is 16.7. The predicted octanol–water partition coefficient (Wildman–Crippen LogP) is 1.99. The second-order valence-electron chi connectivity index (χ2n) is 8.62. The first-order valence-electron chi connectivity index (χ1n) is 12.2. The molecule has 0 bridgehead atoms. The number of methoxy groups -OCH3 is 2. The molecule has 0 spiro atoms. The molecule has 2 aromatic carbocycles. The third-order valence-electron chi connectivity index (χ3n) is 6.25. The van der Waals surface area contributed by atoms with E-state index < -0.39 is 86.4 Å². The van der Waals surface area contributed by atoms with Crippen molar-refractivity contribution in [2.24, 2.45) is 0 Å². The van der Waals surface area contributed by atoms with Crippen molar-refractivity contribution in [3.8, 4) is 11.5 Å². The number of ether oxygens (including phenoxy) is 4. The average Bonchev–Trinajstić information content (AvgIpc) is 2.96. The van der Waals surface area contributed by atoms with Gasteiger partial charge in [-0.25, -0.2) is 33.1 Å². The molecule has 1 N–H and O–H groups in total. The fourth-order valence-electron chi connectivity index (χ4n) is 4.36. The van der Waals surface area contributed by atoms with E-state index in [1.54, 1.807) is 6.92 Å². The number of rotatable bonds is 8. The van der Waals surface area contributed by atoms with Crippen LogP contribution in [0, 0.1) is 0 Å². The molecule has 0 radical (unpaired) electrons. The zero-order chi connectivity index (χ0) is 30.8. The largest absolute Gasteiger partial charge is 0.513 e. The molecule has 42 heavy (non-hydrogen) atoms. The van der Waals surface area contributed by atoms with Crippen LogP contribution in [0.5, 0.6) is 11.5 Å². The van der Waals surface area contributed by atoms with Crippen molar-refractivity contribution in [2.75, 3.05) is 14.2 Å². The Morgan fingerprint density at radius 2 is 1.21 bits per heavy atom. The third-order valence-corrected chi connectivity index (χ3v) is 6.25. The molecule has 4 aromatic rings. The van der Waals surface area contributed by atoms with E-state index in [4.69, 9.17) is 18.3 Å². The number of nitrogens with zero attached hydrogens (tertiary/aromatic N) is 2. The molecule has 0 fully saturated rings. The van der Waals surface area contributed by atoms with Crippen LogP contribution in [0.3, 0.4) is 0 Å². The number of carboxylic acid groups (broad SMARTS) is 1. The van der Waals surface area contributed by atoms with Gasteiger partial charge < -0.3 is 32.9 Å². The molecule has 0 aliphatic rings. The summed E-state index contributed by atoms with van der Waals surface area (Å²) < 4.78 is 29.4. The van der Waals surface area contributed by atoms with Crippen molar-refractivity contribution >= 4 is 40.2 Å². The zero-order valence-corrected chi connectivity index (χ0v) is 22.2. The summed E-state index contributed by atoms with van der Waals surface area (Å²) in [5, 5.41) is 9.71. The minimum atomic E-state index is -2.99. The molecule has 220 valence electrons. The van der Waals surface area contributed by atoms with Crippen molar-refractivity contribution in [1.82, 2.24) is 9.13 Å². The second-order valence-corrected chi connectivity index (χ2v) is 8.62. The fraction of sp³-hybridized carbons (Fsp3) is 0.269. The lowest BCUT2D eigenvalue weighted by Crippen LogP contribution is -2.63. The van der Waals surface area contributed by atoms with E-state index in [2.05, 4.69) is 9.47 Å². The summed E-state index contributed by atoms with van der Waals surface area (Å²) in [6.45, 7) is 1.66. The van der Waals surface area contributed by atoms with Gasteiger partial charge in [0.2, 0.25) is 5.66 Å². The summed E-state index contributed by atoms with van der Waals surface area (Å²) in [5.41, 5.74) is -6.61. The standard InChI is InChI=1S/C26H22N2O14/c1-4-5-12-26(21(31)32,27-19(29)13-8-6-10-15(39-24(35)37-2)17(13)41-22(27)33)28-20(30)14-9-7-11-16(40-25(36)38-3)18(14)42-23(28)34/h6-11H,4-5,12H2,1-3H3,(H,31,32). The Kier molecular flexibility index (Phi) is 7.99. The van der Waals surface area contributed by atoms with Gasteiger partial charge in [0.15, 0.2) is 22.7 Å². The Morgan fingerprint density at radius 3 is 1.57 bits per heavy atom. The van der Waals surface area contributed by atoms with Gasteiger partial charge in [0.25, 0.3) is 11.1 Å². The van der Waals surface area contributed by atoms with Crippen molar-refractivity contribution in [1.29, 1.82) is 0 Å². The van der Waals surface area contributed by atoms with Crippen LogP contribution in [0.15, 0.2) is 64.4 Å². The van der Waals surface area contributed by atoms with Crippen LogP contribution in [-0.2, 0) is 19.9 Å². The van der Waals surface area contributed by atoms with Gasteiger partial charge in [-0.05, 0) is 30.7 Å². The number of carboxylic acids is 1. The van der Waals surface area contributed by atoms with Gasteiger partial charge in [-0.15, -0.1) is 0 Å². The summed E-state index contributed by atoms with van der Waals surface area (Å²) in [5.74, 6) is -5.92. The van der Waals surface area contributed by atoms with E-state index in [-0.39, 0.29) is 15.6 Å². The normalized spacial score (nSPS) is 11.3. The smallest absolute Gasteiger partial charge is 0.478 e. The van der Waals surface area contributed by atoms with E-state index in [0.717, 1.165) is 26.4 Å². The van der Waals surface area contributed by atoms with E-state index in [1.165, 1.54) is 24.3 Å². The van der Waals surface area contributed by atoms with Crippen LogP contribution in [-0.4, -0.2) is 46.7 Å². The van der Waals surface area contributed by atoms with Crippen molar-refractivity contribution in [3.05, 3.63) is 78.2 Å². The highest BCUT2D eigenvalue weighted by Crippen LogP contribution is 2.28. The molecule has 0 amide bonds. The Hall–Kier alpha value is -5.67. The molecule has 0 unspecified atom stereocenters. The third kappa shape index (κ3) is 4.78. The molecule has 2 aromatic heterocycles. The van der Waals surface area contributed by atoms with E-state index in [1.807, 2.05) is 0 Å². The highest BCUT2D eigenvalue weighted by Gasteiger charge is 2.48. The van der Waals surface area contributed by atoms with Gasteiger partial charge in [-0.1, -0.05) is 25.5 Å². The monoisotopic (exact) mass is 586 g/mol. The number of para-hydroxylation sites is 2. The summed E-state index contributed by atoms with van der Waals surface area (Å²) in [7, 11) is 2.03. The van der Waals surface area contributed by atoms with Gasteiger partial charge in [0, 0.05) is 6.42 Å². The molecule has 16 nitrogen and oxygen atoms in total. The van der Waals surface area contributed by atoms with Crippen LogP contribution in [0.2, 0.25) is 0 Å². The Bertz CT molecular complexity index is 1830. The lowest BCUT2D eigenvalue weighted by Gasteiger charge is -2.31. The van der Waals surface area contributed by atoms with Crippen LogP contribution >= 0.6 is 0 Å². The first-order valence-corrected chi connectivity index (χ1v) is 12.2. The summed E-state index contributed by atoms with van der Waals surface area (Å²) in [4.78, 5) is 90.7. The Morgan fingerprint density at radius 1 is 0.786 bits per heavy atom. The topological polar surface area (TPSA) is 213 Å². The van der Waals surface area contributed by atoms with Gasteiger partial charge in [0.05, 0.1) is 25.0 Å². The van der Waals surface area contributed by atoms with Crippen LogP contribution in [0.1, 0.15) is 26.2 Å². The molecule has 0 saturated heterocycles. The fourth-order valence-corrected chi connectivity index (χ4v) is 4.36. The van der Waals surface area contributed by atoms with E-state index in [0.29, 0.717) is 6.42 Å². The first kappa shape index (κ1) is 29.3. The number of unbranched alkanes of at least 4 members (excludes halogenated alkanes) is 1. The molecular formula is C26H22N2O14. The predicted molar refractivity (Wildman–Crippen MR) is 140 cm³/mol. The average molecular weight is 586 g/mol. The van der Waals surface area contributed by atoms with Gasteiger partial charge in [-0.3, -0.25) is 9.59 Å². The maximum Gasteiger partial charge on any atom is 0.513 e. The summed E-state index contributed by atoms with van der Waals surface area (Å²) in [6.07, 6.45) is -2.72. The van der Waals surface area contributed by atoms with Gasteiger partial charge in [-0.2, -0.15) is 0 Å². The number of hydrogen-bond acceptors (Lipinski definition) is 13. The minimum Gasteiger partial charge on any atom is -0.478 e. The Labute approximate surface area is 232 Å². The number of aromatic nitrogens is 2. The lowest BCUT2D eigenvalue weighted by atomic mass is 10.0. The van der Waals surface area contributed by atoms with Gasteiger partial charge >= 0.3 is 29.8 Å². The van der Waals surface area contributed by atoms with Crippen LogP contribution < -0.4 is 32.1 Å². The molecule has 16 heteroatoms. The lowest BCUT2D eigenvalue weighted by molar-refractivity contribution is -0.151. The molecule has 0 saturated carbocycles. The number of hydrogen-bond donors (Lipinski definition) is 1. The highest BCUT2D eigenvalue weighted by molar-refractivity contribution is 5.86. The molecular weight excluding hydrogens is 564 g/mol. The van der Waals surface area contributed by atoms with Crippen molar-refractivity contribution in [2.45, 2.75) is 31.8 Å². The minimum absolute atomic E-state index is 0.00286. The SMILES string of the molecule is CCCCC(C(=O)O)(n1c(=O)oc2c(OC(=O)OC)cccc2c1=O)n1c(=O)oc2c(OC(=O)OC)cccc2c1=O. The van der Waals surface area contributed by atoms with Crippen LogP contribution in [0.25, 0.3) is 21.9 Å². The van der Waals surface area contributed by atoms with Crippen molar-refractivity contribution < 1.29 is 47.3 Å². The number of benzene rings is 2. The zero-order valence-electron chi connectivity index (χ0n) is 22.2. The number of carbonyl (C=O) groups is 3.